The molecule has 3 heteroatoms. The van der Waals surface area contributed by atoms with Crippen LogP contribution in [0.15, 0.2) is 59.2 Å². The van der Waals surface area contributed by atoms with E-state index in [2.05, 4.69) is 76.2 Å². The first-order valence-corrected chi connectivity index (χ1v) is 12.6. The Hall–Kier alpha value is -0.487. The maximum Gasteiger partial charge on any atom is 4.00 e. The van der Waals surface area contributed by atoms with E-state index in [0.29, 0.717) is 11.8 Å². The number of rotatable bonds is 3. The summed E-state index contributed by atoms with van der Waals surface area (Å²) < 4.78 is 0. The van der Waals surface area contributed by atoms with Gasteiger partial charge in [0.15, 0.2) is 0 Å². The second-order valence-electron chi connectivity index (χ2n) is 10.2. The molecule has 3 aliphatic carbocycles. The summed E-state index contributed by atoms with van der Waals surface area (Å²) in [5, 5.41) is 0. The molecule has 182 valence electrons. The van der Waals surface area contributed by atoms with Gasteiger partial charge in [0.05, 0.1) is 0 Å². The van der Waals surface area contributed by atoms with Crippen LogP contribution in [0.2, 0.25) is 0 Å². The van der Waals surface area contributed by atoms with Gasteiger partial charge in [0.2, 0.25) is 0 Å². The molecule has 2 unspecified atom stereocenters. The molecule has 5 rings (SSSR count). The molecule has 34 heavy (non-hydrogen) atoms. The van der Waals surface area contributed by atoms with Crippen molar-refractivity contribution in [2.75, 3.05) is 0 Å². The van der Waals surface area contributed by atoms with Crippen molar-refractivity contribution in [3.63, 3.8) is 0 Å². The number of allylic oxidation sites excluding steroid dienone is 4. The van der Waals surface area contributed by atoms with E-state index < -0.39 is 0 Å². The molecular formula is C31H40Cl2Zr. The fraction of sp³-hybridized carbons (Fsp3) is 0.516. The van der Waals surface area contributed by atoms with E-state index in [1.54, 1.807) is 16.7 Å². The Balaban J connectivity index is 0.000000415. The minimum absolute atomic E-state index is 0. The van der Waals surface area contributed by atoms with Crippen LogP contribution in [0.1, 0.15) is 101 Å². The number of hydrogen-bond donors (Lipinski definition) is 0. The molecule has 0 spiro atoms. The average molecular weight is 575 g/mol. The van der Waals surface area contributed by atoms with Gasteiger partial charge in [-0.1, -0.05) is 114 Å². The van der Waals surface area contributed by atoms with Crippen molar-refractivity contribution in [3.05, 3.63) is 87.5 Å². The molecular weight excluding hydrogens is 534 g/mol. The number of aryl methyl sites for hydroxylation is 1. The SMILES string of the molecule is CC1=[C-]C(C)C(C)=C1C.[Cl-].[Cl-].[Zr+4].c1ccc(C2CCCc3[cH-]c(CC4CCCCC4)cc32)cc1. The van der Waals surface area contributed by atoms with E-state index in [1.807, 2.05) is 0 Å². The molecule has 0 saturated heterocycles. The zero-order chi connectivity index (χ0) is 21.8. The molecule has 0 aromatic heterocycles. The minimum atomic E-state index is 0. The number of benzene rings is 1. The van der Waals surface area contributed by atoms with Crippen LogP contribution in [-0.2, 0) is 39.0 Å². The molecule has 0 bridgehead atoms. The van der Waals surface area contributed by atoms with Gasteiger partial charge in [-0.05, 0) is 18.3 Å². The molecule has 0 heterocycles. The Bertz CT molecular complexity index is 932. The summed E-state index contributed by atoms with van der Waals surface area (Å²) in [4.78, 5) is 0. The van der Waals surface area contributed by atoms with Gasteiger partial charge in [-0.25, -0.2) is 11.6 Å². The number of hydrogen-bond acceptors (Lipinski definition) is 0. The van der Waals surface area contributed by atoms with Gasteiger partial charge in [0.25, 0.3) is 0 Å². The topological polar surface area (TPSA) is 0 Å². The molecule has 0 radical (unpaired) electrons. The monoisotopic (exact) mass is 572 g/mol. The van der Waals surface area contributed by atoms with Crippen LogP contribution in [0.4, 0.5) is 0 Å². The second kappa shape index (κ2) is 14.9. The van der Waals surface area contributed by atoms with Gasteiger partial charge in [-0.15, -0.1) is 6.92 Å². The zero-order valence-electron chi connectivity index (χ0n) is 21.4. The second-order valence-corrected chi connectivity index (χ2v) is 10.2. The third kappa shape index (κ3) is 7.75. The smallest absolute Gasteiger partial charge is 1.00 e. The summed E-state index contributed by atoms with van der Waals surface area (Å²) in [6.45, 7) is 8.67. The average Bonchev–Trinajstić information content (AvgIpc) is 3.30. The molecule has 1 saturated carbocycles. The third-order valence-corrected chi connectivity index (χ3v) is 8.07. The van der Waals surface area contributed by atoms with E-state index in [0.717, 1.165) is 5.92 Å². The van der Waals surface area contributed by atoms with E-state index in [-0.39, 0.29) is 51.0 Å². The Kier molecular flexibility index (Phi) is 13.8. The van der Waals surface area contributed by atoms with Gasteiger partial charge in [0, 0.05) is 0 Å². The van der Waals surface area contributed by atoms with Gasteiger partial charge in [0.1, 0.15) is 0 Å². The largest absolute Gasteiger partial charge is 4.00 e. The van der Waals surface area contributed by atoms with Crippen LogP contribution >= 0.6 is 0 Å². The Morgan fingerprint density at radius 1 is 0.912 bits per heavy atom. The molecule has 1 fully saturated rings. The van der Waals surface area contributed by atoms with Crippen molar-refractivity contribution in [1.82, 2.24) is 0 Å². The van der Waals surface area contributed by atoms with Crippen molar-refractivity contribution in [2.24, 2.45) is 11.8 Å². The van der Waals surface area contributed by atoms with Crippen molar-refractivity contribution in [3.8, 4) is 0 Å². The Labute approximate surface area is 240 Å². The van der Waals surface area contributed by atoms with Crippen molar-refractivity contribution < 1.29 is 51.0 Å². The predicted molar refractivity (Wildman–Crippen MR) is 134 cm³/mol. The summed E-state index contributed by atoms with van der Waals surface area (Å²) in [6, 6.07) is 16.2. The van der Waals surface area contributed by atoms with Crippen LogP contribution in [0.3, 0.4) is 0 Å². The molecule has 0 aliphatic heterocycles. The first-order chi connectivity index (χ1) is 15.0. The third-order valence-electron chi connectivity index (χ3n) is 8.07. The van der Waals surface area contributed by atoms with E-state index >= 15 is 0 Å². The minimum Gasteiger partial charge on any atom is -1.00 e. The summed E-state index contributed by atoms with van der Waals surface area (Å²) in [5.41, 5.74) is 10.7. The van der Waals surface area contributed by atoms with E-state index in [9.17, 15) is 0 Å². The zero-order valence-corrected chi connectivity index (χ0v) is 25.4. The summed E-state index contributed by atoms with van der Waals surface area (Å²) in [7, 11) is 0. The van der Waals surface area contributed by atoms with Gasteiger partial charge < -0.3 is 24.8 Å². The van der Waals surface area contributed by atoms with Gasteiger partial charge in [-0.2, -0.15) is 33.9 Å². The van der Waals surface area contributed by atoms with Crippen molar-refractivity contribution in [2.45, 2.75) is 91.4 Å². The summed E-state index contributed by atoms with van der Waals surface area (Å²) in [6.07, 6.45) is 15.9. The van der Waals surface area contributed by atoms with Crippen LogP contribution in [-0.4, -0.2) is 0 Å². The molecule has 2 atom stereocenters. The molecule has 2 aromatic carbocycles. The normalized spacial score (nSPS) is 21.7. The summed E-state index contributed by atoms with van der Waals surface area (Å²) in [5.74, 6) is 2.16. The first kappa shape index (κ1) is 31.5. The molecule has 0 nitrogen and oxygen atoms in total. The predicted octanol–water partition coefficient (Wildman–Crippen LogP) is 2.72. The molecule has 3 aliphatic rings. The quantitative estimate of drug-likeness (QED) is 0.495. The number of fused-ring (bicyclic) bond motifs is 1. The molecule has 0 amide bonds. The maximum atomic E-state index is 3.36. The van der Waals surface area contributed by atoms with Crippen LogP contribution in [0, 0.1) is 17.9 Å². The van der Waals surface area contributed by atoms with Crippen molar-refractivity contribution in [1.29, 1.82) is 0 Å². The van der Waals surface area contributed by atoms with Crippen LogP contribution in [0.25, 0.3) is 0 Å². The fourth-order valence-electron chi connectivity index (χ4n) is 5.87. The van der Waals surface area contributed by atoms with E-state index in [1.165, 1.54) is 80.1 Å². The van der Waals surface area contributed by atoms with Crippen LogP contribution in [0.5, 0.6) is 0 Å². The first-order valence-electron chi connectivity index (χ1n) is 12.6. The molecule has 0 N–H and O–H groups in total. The fourth-order valence-corrected chi connectivity index (χ4v) is 5.87. The van der Waals surface area contributed by atoms with Gasteiger partial charge >= 0.3 is 26.2 Å². The van der Waals surface area contributed by atoms with Crippen LogP contribution < -0.4 is 24.8 Å². The van der Waals surface area contributed by atoms with E-state index in [4.69, 9.17) is 0 Å². The molecule has 2 aromatic rings. The van der Waals surface area contributed by atoms with Gasteiger partial charge in [-0.3, -0.25) is 6.08 Å². The maximum absolute atomic E-state index is 3.36. The number of halogens is 2. The standard InChI is InChI=1S/C22H27.C9H13.2ClH.Zr/c1-3-8-17(9-4-1)14-18-15-20-12-7-13-21(22(20)16-18)19-10-5-2-6-11-19;1-6-5-7(2)9(4)8(6)3;;;/h2,5-6,10-11,15-17,21H,1,3-4,7-9,12-14H2;6H,1-4H3;2*1H;/q2*-1;;;+4/p-2. The summed E-state index contributed by atoms with van der Waals surface area (Å²) >= 11 is 0. The Morgan fingerprint density at radius 2 is 1.59 bits per heavy atom. The Morgan fingerprint density at radius 3 is 2.15 bits per heavy atom. The van der Waals surface area contributed by atoms with Crippen molar-refractivity contribution >= 4 is 0 Å².